The molecule has 1 aromatic carbocycles. The number of benzene rings is 1. The molecular formula is C15H25ClN2. The molecule has 1 aliphatic rings. The maximum absolute atomic E-state index is 5.78. The van der Waals surface area contributed by atoms with Crippen molar-refractivity contribution in [2.24, 2.45) is 11.7 Å². The van der Waals surface area contributed by atoms with Crippen molar-refractivity contribution >= 4 is 12.4 Å². The molecule has 0 bridgehead atoms. The second kappa shape index (κ2) is 7.13. The van der Waals surface area contributed by atoms with Crippen molar-refractivity contribution in [1.82, 2.24) is 4.90 Å². The predicted molar refractivity (Wildman–Crippen MR) is 80.1 cm³/mol. The summed E-state index contributed by atoms with van der Waals surface area (Å²) < 4.78 is 0. The van der Waals surface area contributed by atoms with Gasteiger partial charge in [0.05, 0.1) is 0 Å². The summed E-state index contributed by atoms with van der Waals surface area (Å²) in [5.74, 6) is 0.693. The van der Waals surface area contributed by atoms with E-state index in [0.717, 1.165) is 26.1 Å². The highest BCUT2D eigenvalue weighted by Crippen LogP contribution is 2.25. The van der Waals surface area contributed by atoms with Crippen LogP contribution in [-0.2, 0) is 13.0 Å². The molecule has 0 radical (unpaired) electrons. The van der Waals surface area contributed by atoms with E-state index in [1.807, 2.05) is 0 Å². The first kappa shape index (κ1) is 15.5. The summed E-state index contributed by atoms with van der Waals surface area (Å²) in [5, 5.41) is 0. The van der Waals surface area contributed by atoms with E-state index < -0.39 is 0 Å². The summed E-state index contributed by atoms with van der Waals surface area (Å²) in [5.41, 5.74) is 8.75. The average Bonchev–Trinajstić information content (AvgIpc) is 2.71. The van der Waals surface area contributed by atoms with Crippen LogP contribution in [0.3, 0.4) is 0 Å². The summed E-state index contributed by atoms with van der Waals surface area (Å²) >= 11 is 0. The Morgan fingerprint density at radius 1 is 1.28 bits per heavy atom. The van der Waals surface area contributed by atoms with Gasteiger partial charge in [0, 0.05) is 19.1 Å². The van der Waals surface area contributed by atoms with Crippen LogP contribution in [0.1, 0.15) is 31.4 Å². The molecule has 102 valence electrons. The van der Waals surface area contributed by atoms with Gasteiger partial charge in [-0.15, -0.1) is 12.4 Å². The Morgan fingerprint density at radius 2 is 1.94 bits per heavy atom. The first-order valence-electron chi connectivity index (χ1n) is 6.75. The van der Waals surface area contributed by atoms with Crippen molar-refractivity contribution < 1.29 is 0 Å². The third-order valence-electron chi connectivity index (χ3n) is 4.00. The monoisotopic (exact) mass is 268 g/mol. The molecule has 0 saturated carbocycles. The molecule has 2 rings (SSSR count). The van der Waals surface area contributed by atoms with Gasteiger partial charge in [-0.25, -0.2) is 0 Å². The Kier molecular flexibility index (Phi) is 6.13. The minimum Gasteiger partial charge on any atom is -0.330 e. The second-order valence-electron chi connectivity index (χ2n) is 5.24. The second-order valence-corrected chi connectivity index (χ2v) is 5.24. The van der Waals surface area contributed by atoms with E-state index in [4.69, 9.17) is 5.73 Å². The highest BCUT2D eigenvalue weighted by molar-refractivity contribution is 5.85. The van der Waals surface area contributed by atoms with Crippen LogP contribution in [0.15, 0.2) is 24.3 Å². The van der Waals surface area contributed by atoms with Crippen LogP contribution in [0.5, 0.6) is 0 Å². The molecular weight excluding hydrogens is 244 g/mol. The lowest BCUT2D eigenvalue weighted by Gasteiger charge is -2.22. The molecule has 18 heavy (non-hydrogen) atoms. The van der Waals surface area contributed by atoms with E-state index in [0.29, 0.717) is 12.0 Å². The summed E-state index contributed by atoms with van der Waals surface area (Å²) in [7, 11) is 0. The average molecular weight is 269 g/mol. The standard InChI is InChI=1S/C15H24N2.ClH/c1-3-14-6-4-5-7-15(14)11-17-10-13(9-16)8-12(17)2;/h4-7,12-13H,3,8-11,16H2,1-2H3;1H. The van der Waals surface area contributed by atoms with Gasteiger partial charge >= 0.3 is 0 Å². The molecule has 1 aromatic rings. The summed E-state index contributed by atoms with van der Waals surface area (Å²) in [4.78, 5) is 2.58. The normalized spacial score (nSPS) is 23.9. The van der Waals surface area contributed by atoms with E-state index in [1.165, 1.54) is 17.5 Å². The van der Waals surface area contributed by atoms with Gasteiger partial charge in [-0.1, -0.05) is 31.2 Å². The maximum atomic E-state index is 5.78. The van der Waals surface area contributed by atoms with E-state index in [2.05, 4.69) is 43.0 Å². The highest BCUT2D eigenvalue weighted by atomic mass is 35.5. The van der Waals surface area contributed by atoms with Gasteiger partial charge in [-0.05, 0) is 43.4 Å². The molecule has 0 aliphatic carbocycles. The molecule has 2 unspecified atom stereocenters. The molecule has 0 spiro atoms. The van der Waals surface area contributed by atoms with Crippen molar-refractivity contribution in [3.05, 3.63) is 35.4 Å². The molecule has 1 heterocycles. The topological polar surface area (TPSA) is 29.3 Å². The number of hydrogen-bond donors (Lipinski definition) is 1. The SMILES string of the molecule is CCc1ccccc1CN1CC(CN)CC1C.Cl. The molecule has 0 amide bonds. The van der Waals surface area contributed by atoms with Gasteiger partial charge < -0.3 is 5.73 Å². The number of halogens is 1. The van der Waals surface area contributed by atoms with E-state index in [1.54, 1.807) is 0 Å². The zero-order chi connectivity index (χ0) is 12.3. The molecule has 3 heteroatoms. The number of nitrogens with two attached hydrogens (primary N) is 1. The van der Waals surface area contributed by atoms with E-state index in [9.17, 15) is 0 Å². The number of aryl methyl sites for hydroxylation is 1. The molecule has 2 nitrogen and oxygen atoms in total. The minimum absolute atomic E-state index is 0. The van der Waals surface area contributed by atoms with Crippen LogP contribution in [0.4, 0.5) is 0 Å². The fourth-order valence-electron chi connectivity index (χ4n) is 2.88. The third-order valence-corrected chi connectivity index (χ3v) is 4.00. The summed E-state index contributed by atoms with van der Waals surface area (Å²) in [6.07, 6.45) is 2.38. The summed E-state index contributed by atoms with van der Waals surface area (Å²) in [6.45, 7) is 7.63. The lowest BCUT2D eigenvalue weighted by atomic mass is 10.0. The van der Waals surface area contributed by atoms with Gasteiger partial charge in [-0.2, -0.15) is 0 Å². The van der Waals surface area contributed by atoms with Gasteiger partial charge in [0.15, 0.2) is 0 Å². The Labute approximate surface area is 117 Å². The van der Waals surface area contributed by atoms with Gasteiger partial charge in [0.1, 0.15) is 0 Å². The van der Waals surface area contributed by atoms with Crippen LogP contribution in [0.25, 0.3) is 0 Å². The van der Waals surface area contributed by atoms with Crippen LogP contribution in [0.2, 0.25) is 0 Å². The van der Waals surface area contributed by atoms with Crippen molar-refractivity contribution in [3.8, 4) is 0 Å². The molecule has 0 aromatic heterocycles. The highest BCUT2D eigenvalue weighted by Gasteiger charge is 2.28. The predicted octanol–water partition coefficient (Wildman–Crippen LogP) is 2.84. The van der Waals surface area contributed by atoms with Crippen LogP contribution in [-0.4, -0.2) is 24.0 Å². The Balaban J connectivity index is 0.00000162. The van der Waals surface area contributed by atoms with Gasteiger partial charge in [-0.3, -0.25) is 4.90 Å². The van der Waals surface area contributed by atoms with Crippen LogP contribution < -0.4 is 5.73 Å². The Bertz CT molecular complexity index is 367. The first-order chi connectivity index (χ1) is 8.24. The van der Waals surface area contributed by atoms with Crippen molar-refractivity contribution in [2.75, 3.05) is 13.1 Å². The first-order valence-corrected chi connectivity index (χ1v) is 6.75. The molecule has 2 atom stereocenters. The van der Waals surface area contributed by atoms with Crippen LogP contribution >= 0.6 is 12.4 Å². The fourth-order valence-corrected chi connectivity index (χ4v) is 2.88. The molecule has 1 aliphatic heterocycles. The van der Waals surface area contributed by atoms with Gasteiger partial charge in [0.2, 0.25) is 0 Å². The zero-order valence-corrected chi connectivity index (χ0v) is 12.2. The smallest absolute Gasteiger partial charge is 0.0239 e. The number of likely N-dealkylation sites (tertiary alicyclic amines) is 1. The third kappa shape index (κ3) is 3.47. The molecule has 1 saturated heterocycles. The number of nitrogens with zero attached hydrogens (tertiary/aromatic N) is 1. The Morgan fingerprint density at radius 3 is 2.50 bits per heavy atom. The summed E-state index contributed by atoms with van der Waals surface area (Å²) in [6, 6.07) is 9.47. The van der Waals surface area contributed by atoms with Crippen molar-refractivity contribution in [3.63, 3.8) is 0 Å². The number of hydrogen-bond acceptors (Lipinski definition) is 2. The van der Waals surface area contributed by atoms with Crippen molar-refractivity contribution in [2.45, 2.75) is 39.3 Å². The van der Waals surface area contributed by atoms with E-state index >= 15 is 0 Å². The van der Waals surface area contributed by atoms with E-state index in [-0.39, 0.29) is 12.4 Å². The minimum atomic E-state index is 0. The largest absolute Gasteiger partial charge is 0.330 e. The fraction of sp³-hybridized carbons (Fsp3) is 0.600. The maximum Gasteiger partial charge on any atom is 0.0239 e. The zero-order valence-electron chi connectivity index (χ0n) is 11.4. The van der Waals surface area contributed by atoms with Gasteiger partial charge in [0.25, 0.3) is 0 Å². The molecule has 2 N–H and O–H groups in total. The van der Waals surface area contributed by atoms with Crippen LogP contribution in [0, 0.1) is 5.92 Å². The van der Waals surface area contributed by atoms with Crippen molar-refractivity contribution in [1.29, 1.82) is 0 Å². The lowest BCUT2D eigenvalue weighted by molar-refractivity contribution is 0.255. The lowest BCUT2D eigenvalue weighted by Crippen LogP contribution is -2.27. The molecule has 1 fully saturated rings. The Hall–Kier alpha value is -0.570. The quantitative estimate of drug-likeness (QED) is 0.910. The number of rotatable bonds is 4.